The van der Waals surface area contributed by atoms with Crippen LogP contribution >= 0.6 is 0 Å². The van der Waals surface area contributed by atoms with Gasteiger partial charge in [-0.05, 0) is 48.7 Å². The molecule has 1 unspecified atom stereocenters. The molecule has 1 atom stereocenters. The van der Waals surface area contributed by atoms with Crippen molar-refractivity contribution in [3.8, 4) is 5.75 Å². The van der Waals surface area contributed by atoms with E-state index in [1.807, 2.05) is 29.8 Å². The zero-order valence-electron chi connectivity index (χ0n) is 19.5. The number of halogens is 3. The van der Waals surface area contributed by atoms with Crippen molar-refractivity contribution in [2.24, 2.45) is 0 Å². The molecule has 0 radical (unpaired) electrons. The Bertz CT molecular complexity index is 1150. The Labute approximate surface area is 205 Å². The molecule has 8 nitrogen and oxygen atoms in total. The maximum atomic E-state index is 12.5. The Balaban J connectivity index is 0.000000454. The van der Waals surface area contributed by atoms with Crippen molar-refractivity contribution in [3.63, 3.8) is 0 Å². The number of carboxylic acid groups (broad SMARTS) is 1. The maximum absolute atomic E-state index is 12.5. The van der Waals surface area contributed by atoms with Crippen LogP contribution in [0.5, 0.6) is 5.75 Å². The van der Waals surface area contributed by atoms with Gasteiger partial charge in [0.2, 0.25) is 0 Å². The summed E-state index contributed by atoms with van der Waals surface area (Å²) < 4.78 is 45.0. The first-order valence-corrected chi connectivity index (χ1v) is 11.2. The minimum atomic E-state index is -5.08. The molecule has 1 amide bonds. The van der Waals surface area contributed by atoms with E-state index in [9.17, 15) is 18.0 Å². The molecule has 0 aliphatic carbocycles. The van der Waals surface area contributed by atoms with Gasteiger partial charge in [0.05, 0.1) is 25.5 Å². The second-order valence-electron chi connectivity index (χ2n) is 7.80. The minimum absolute atomic E-state index is 0.132. The van der Waals surface area contributed by atoms with Gasteiger partial charge < -0.3 is 19.9 Å². The summed E-state index contributed by atoms with van der Waals surface area (Å²) >= 11 is 0. The van der Waals surface area contributed by atoms with Crippen LogP contribution in [0.2, 0.25) is 0 Å². The van der Waals surface area contributed by atoms with Crippen LogP contribution in [0.1, 0.15) is 40.2 Å². The first kappa shape index (κ1) is 26.7. The largest absolute Gasteiger partial charge is 0.494 e. The lowest BCUT2D eigenvalue weighted by Crippen LogP contribution is -2.31. The number of amides is 1. The van der Waals surface area contributed by atoms with E-state index in [0.717, 1.165) is 24.4 Å². The van der Waals surface area contributed by atoms with Crippen LogP contribution < -0.4 is 10.1 Å². The highest BCUT2D eigenvalue weighted by Gasteiger charge is 2.38. The van der Waals surface area contributed by atoms with Crippen molar-refractivity contribution in [3.05, 3.63) is 83.2 Å². The number of rotatable bonds is 7. The van der Waals surface area contributed by atoms with Crippen molar-refractivity contribution in [1.82, 2.24) is 15.1 Å². The molecule has 3 aromatic rings. The van der Waals surface area contributed by atoms with Crippen molar-refractivity contribution in [2.45, 2.75) is 32.2 Å². The number of nitrogens with zero attached hydrogens (tertiary/aromatic N) is 2. The Morgan fingerprint density at radius 2 is 1.83 bits per heavy atom. The van der Waals surface area contributed by atoms with Gasteiger partial charge in [0.1, 0.15) is 11.9 Å². The number of carbonyl (C=O) groups is 2. The van der Waals surface area contributed by atoms with Gasteiger partial charge in [-0.3, -0.25) is 9.48 Å². The third kappa shape index (κ3) is 7.57. The highest BCUT2D eigenvalue weighted by atomic mass is 19.4. The number of aromatic nitrogens is 2. The number of aliphatic carboxylic acids is 1. The molecule has 1 aliphatic heterocycles. The van der Waals surface area contributed by atoms with E-state index in [1.54, 1.807) is 24.3 Å². The Morgan fingerprint density at radius 3 is 2.44 bits per heavy atom. The molecule has 1 aromatic heterocycles. The smallest absolute Gasteiger partial charge is 0.490 e. The molecule has 36 heavy (non-hydrogen) atoms. The zero-order chi connectivity index (χ0) is 26.1. The number of ether oxygens (including phenoxy) is 2. The standard InChI is InChI=1S/C23H25N3O3.C2HF3O2/c1-2-28-20-10-8-18(9-11-20)23(27)24-14-21-22-19(12-13-29-21)16-26(25-22)15-17-6-4-3-5-7-17;3-2(4,5)1(6)7/h3-11,16,21H,2,12-15H2,1H3,(H,24,27);(H,6,7). The molecule has 2 N–H and O–H groups in total. The molecule has 2 aromatic carbocycles. The van der Waals surface area contributed by atoms with Crippen LogP contribution in [0, 0.1) is 0 Å². The lowest BCUT2D eigenvalue weighted by atomic mass is 10.1. The summed E-state index contributed by atoms with van der Waals surface area (Å²) in [5.41, 5.74) is 3.90. The number of fused-ring (bicyclic) bond motifs is 1. The number of carbonyl (C=O) groups excluding carboxylic acids is 1. The maximum Gasteiger partial charge on any atom is 0.490 e. The van der Waals surface area contributed by atoms with Gasteiger partial charge in [-0.15, -0.1) is 0 Å². The lowest BCUT2D eigenvalue weighted by molar-refractivity contribution is -0.192. The normalized spacial score (nSPS) is 14.7. The summed E-state index contributed by atoms with van der Waals surface area (Å²) in [5, 5.41) is 14.8. The van der Waals surface area contributed by atoms with E-state index >= 15 is 0 Å². The van der Waals surface area contributed by atoms with Gasteiger partial charge in [-0.2, -0.15) is 18.3 Å². The van der Waals surface area contributed by atoms with E-state index in [-0.39, 0.29) is 12.0 Å². The quantitative estimate of drug-likeness (QED) is 0.503. The molecule has 0 fully saturated rings. The van der Waals surface area contributed by atoms with Crippen LogP contribution in [0.3, 0.4) is 0 Å². The van der Waals surface area contributed by atoms with Gasteiger partial charge in [0.15, 0.2) is 0 Å². The molecule has 0 bridgehead atoms. The van der Waals surface area contributed by atoms with Crippen molar-refractivity contribution in [2.75, 3.05) is 19.8 Å². The Morgan fingerprint density at radius 1 is 1.17 bits per heavy atom. The number of nitrogens with one attached hydrogen (secondary N) is 1. The van der Waals surface area contributed by atoms with E-state index in [4.69, 9.17) is 24.5 Å². The molecule has 192 valence electrons. The molecule has 11 heteroatoms. The fourth-order valence-electron chi connectivity index (χ4n) is 3.50. The Kier molecular flexibility index (Phi) is 9.07. The van der Waals surface area contributed by atoms with Crippen molar-refractivity contribution < 1.29 is 37.3 Å². The number of alkyl halides is 3. The molecule has 0 saturated carbocycles. The van der Waals surface area contributed by atoms with E-state index in [0.29, 0.717) is 25.3 Å². The van der Waals surface area contributed by atoms with Crippen LogP contribution in [0.4, 0.5) is 13.2 Å². The summed E-state index contributed by atoms with van der Waals surface area (Å²) in [7, 11) is 0. The highest BCUT2D eigenvalue weighted by molar-refractivity contribution is 5.94. The number of carboxylic acids is 1. The molecular weight excluding hydrogens is 479 g/mol. The predicted octanol–water partition coefficient (Wildman–Crippen LogP) is 4.01. The van der Waals surface area contributed by atoms with Gasteiger partial charge in [-0.25, -0.2) is 4.79 Å². The fraction of sp³-hybridized carbons (Fsp3) is 0.320. The van der Waals surface area contributed by atoms with Crippen LogP contribution in [0.25, 0.3) is 0 Å². The number of benzene rings is 2. The van der Waals surface area contributed by atoms with Crippen LogP contribution in [-0.2, 0) is 22.5 Å². The monoisotopic (exact) mass is 505 g/mol. The predicted molar refractivity (Wildman–Crippen MR) is 124 cm³/mol. The molecule has 0 saturated heterocycles. The molecular formula is C25H26F3N3O5. The number of hydrogen-bond acceptors (Lipinski definition) is 5. The van der Waals surface area contributed by atoms with Crippen molar-refractivity contribution in [1.29, 1.82) is 0 Å². The van der Waals surface area contributed by atoms with Gasteiger partial charge in [0.25, 0.3) is 5.91 Å². The SMILES string of the molecule is CCOc1ccc(C(=O)NCC2OCCc3cn(Cc4ccccc4)nc32)cc1.O=C(O)C(F)(F)F. The minimum Gasteiger partial charge on any atom is -0.494 e. The third-order valence-corrected chi connectivity index (χ3v) is 5.17. The van der Waals surface area contributed by atoms with Gasteiger partial charge in [0, 0.05) is 18.3 Å². The van der Waals surface area contributed by atoms with Crippen LogP contribution in [-0.4, -0.2) is 52.7 Å². The van der Waals surface area contributed by atoms with Crippen molar-refractivity contribution >= 4 is 11.9 Å². The first-order chi connectivity index (χ1) is 17.2. The summed E-state index contributed by atoms with van der Waals surface area (Å²) in [4.78, 5) is 21.4. The average molecular weight is 505 g/mol. The Hall–Kier alpha value is -3.86. The lowest BCUT2D eigenvalue weighted by Gasteiger charge is -2.22. The summed E-state index contributed by atoms with van der Waals surface area (Å²) in [6, 6.07) is 17.4. The third-order valence-electron chi connectivity index (χ3n) is 5.17. The second-order valence-corrected chi connectivity index (χ2v) is 7.80. The molecule has 2 heterocycles. The summed E-state index contributed by atoms with van der Waals surface area (Å²) in [5.74, 6) is -2.13. The summed E-state index contributed by atoms with van der Waals surface area (Å²) in [6.45, 7) is 4.28. The molecule has 0 spiro atoms. The number of hydrogen-bond donors (Lipinski definition) is 2. The van der Waals surface area contributed by atoms with Gasteiger partial charge in [-0.1, -0.05) is 30.3 Å². The topological polar surface area (TPSA) is 103 Å². The summed E-state index contributed by atoms with van der Waals surface area (Å²) in [6.07, 6.45) is -2.39. The highest BCUT2D eigenvalue weighted by Crippen LogP contribution is 2.25. The van der Waals surface area contributed by atoms with E-state index < -0.39 is 12.1 Å². The first-order valence-electron chi connectivity index (χ1n) is 11.2. The molecule has 1 aliphatic rings. The zero-order valence-corrected chi connectivity index (χ0v) is 19.5. The molecule has 4 rings (SSSR count). The van der Waals surface area contributed by atoms with E-state index in [1.165, 1.54) is 11.1 Å². The fourth-order valence-corrected chi connectivity index (χ4v) is 3.50. The van der Waals surface area contributed by atoms with Crippen LogP contribution in [0.15, 0.2) is 60.8 Å². The van der Waals surface area contributed by atoms with E-state index in [2.05, 4.69) is 23.6 Å². The average Bonchev–Trinajstić information content (AvgIpc) is 3.26. The van der Waals surface area contributed by atoms with Gasteiger partial charge >= 0.3 is 12.1 Å². The second kappa shape index (κ2) is 12.2.